The summed E-state index contributed by atoms with van der Waals surface area (Å²) >= 11 is 3.50. The highest BCUT2D eigenvalue weighted by Crippen LogP contribution is 2.32. The number of amides is 1. The zero-order chi connectivity index (χ0) is 14.0. The molecular weight excluding hydrogens is 306 g/mol. The zero-order valence-electron chi connectivity index (χ0n) is 11.1. The van der Waals surface area contributed by atoms with E-state index in [2.05, 4.69) is 33.8 Å². The van der Waals surface area contributed by atoms with Gasteiger partial charge in [-0.25, -0.2) is 0 Å². The van der Waals surface area contributed by atoms with Gasteiger partial charge in [0.15, 0.2) is 0 Å². The number of benzene rings is 1. The Balaban J connectivity index is 2.32. The first-order valence-corrected chi connectivity index (χ1v) is 7.36. The van der Waals surface area contributed by atoms with Crippen LogP contribution in [0.1, 0.15) is 25.3 Å². The van der Waals surface area contributed by atoms with Crippen LogP contribution < -0.4 is 16.4 Å². The Morgan fingerprint density at radius 2 is 2.21 bits per heavy atom. The Morgan fingerprint density at radius 1 is 1.47 bits per heavy atom. The Bertz CT molecular complexity index is 478. The van der Waals surface area contributed by atoms with Crippen LogP contribution in [0.3, 0.4) is 0 Å². The van der Waals surface area contributed by atoms with Crippen LogP contribution in [0.25, 0.3) is 0 Å². The fourth-order valence-electron chi connectivity index (χ4n) is 2.65. The Morgan fingerprint density at radius 3 is 2.84 bits per heavy atom. The van der Waals surface area contributed by atoms with E-state index in [1.54, 1.807) is 0 Å². The van der Waals surface area contributed by atoms with Gasteiger partial charge in [-0.3, -0.25) is 4.79 Å². The summed E-state index contributed by atoms with van der Waals surface area (Å²) in [5.41, 5.74) is 13.5. The summed E-state index contributed by atoms with van der Waals surface area (Å²) in [4.78, 5) is 13.7. The van der Waals surface area contributed by atoms with Crippen LogP contribution in [0.5, 0.6) is 0 Å². The molecule has 0 spiro atoms. The molecule has 0 saturated carbocycles. The number of hydrogen-bond donors (Lipinski definition) is 2. The highest BCUT2D eigenvalue weighted by molar-refractivity contribution is 9.10. The lowest BCUT2D eigenvalue weighted by Gasteiger charge is -2.39. The molecule has 2 unspecified atom stereocenters. The van der Waals surface area contributed by atoms with Gasteiger partial charge in [-0.2, -0.15) is 0 Å². The summed E-state index contributed by atoms with van der Waals surface area (Å²) in [7, 11) is 0. The van der Waals surface area contributed by atoms with Crippen LogP contribution in [0.4, 0.5) is 5.69 Å². The van der Waals surface area contributed by atoms with Crippen LogP contribution >= 0.6 is 15.9 Å². The first-order chi connectivity index (χ1) is 9.02. The van der Waals surface area contributed by atoms with Crippen molar-refractivity contribution in [2.75, 3.05) is 11.4 Å². The van der Waals surface area contributed by atoms with Crippen molar-refractivity contribution in [3.05, 3.63) is 28.2 Å². The van der Waals surface area contributed by atoms with Crippen molar-refractivity contribution < 1.29 is 4.79 Å². The number of anilines is 1. The quantitative estimate of drug-likeness (QED) is 0.892. The fourth-order valence-corrected chi connectivity index (χ4v) is 3.00. The van der Waals surface area contributed by atoms with E-state index in [-0.39, 0.29) is 11.8 Å². The van der Waals surface area contributed by atoms with E-state index in [4.69, 9.17) is 11.5 Å². The molecule has 1 aliphatic heterocycles. The predicted octanol–water partition coefficient (Wildman–Crippen LogP) is 2.00. The summed E-state index contributed by atoms with van der Waals surface area (Å²) in [6.45, 7) is 3.35. The van der Waals surface area contributed by atoms with Crippen molar-refractivity contribution in [1.82, 2.24) is 0 Å². The third-order valence-electron chi connectivity index (χ3n) is 3.86. The molecule has 4 N–H and O–H groups in total. The SMILES string of the molecule is CC1CCC(C(N)=O)CN1c1cc(Br)ccc1CN. The molecule has 1 amide bonds. The van der Waals surface area contributed by atoms with Gasteiger partial charge in [-0.1, -0.05) is 22.0 Å². The predicted molar refractivity (Wildman–Crippen MR) is 80.8 cm³/mol. The fraction of sp³-hybridized carbons (Fsp3) is 0.500. The molecule has 1 fully saturated rings. The average Bonchev–Trinajstić information content (AvgIpc) is 2.39. The van der Waals surface area contributed by atoms with Crippen molar-refractivity contribution >= 4 is 27.5 Å². The molecule has 2 atom stereocenters. The number of hydrogen-bond acceptors (Lipinski definition) is 3. The first-order valence-electron chi connectivity index (χ1n) is 6.57. The second-order valence-electron chi connectivity index (χ2n) is 5.16. The van der Waals surface area contributed by atoms with E-state index in [1.165, 1.54) is 0 Å². The summed E-state index contributed by atoms with van der Waals surface area (Å²) in [6.07, 6.45) is 1.85. The van der Waals surface area contributed by atoms with Crippen molar-refractivity contribution in [3.63, 3.8) is 0 Å². The van der Waals surface area contributed by atoms with Crippen LogP contribution in [0, 0.1) is 5.92 Å². The summed E-state index contributed by atoms with van der Waals surface area (Å²) in [5.74, 6) is -0.276. The van der Waals surface area contributed by atoms with E-state index in [0.717, 1.165) is 28.6 Å². The summed E-state index contributed by atoms with van der Waals surface area (Å²) in [6, 6.07) is 6.49. The van der Waals surface area contributed by atoms with Gasteiger partial charge in [-0.05, 0) is 37.5 Å². The number of nitrogens with two attached hydrogens (primary N) is 2. The molecule has 19 heavy (non-hydrogen) atoms. The summed E-state index contributed by atoms with van der Waals surface area (Å²) < 4.78 is 1.02. The molecule has 1 saturated heterocycles. The van der Waals surface area contributed by atoms with Gasteiger partial charge in [0.2, 0.25) is 5.91 Å². The van der Waals surface area contributed by atoms with Crippen molar-refractivity contribution in [2.24, 2.45) is 17.4 Å². The zero-order valence-corrected chi connectivity index (χ0v) is 12.7. The topological polar surface area (TPSA) is 72.4 Å². The van der Waals surface area contributed by atoms with E-state index in [0.29, 0.717) is 19.1 Å². The van der Waals surface area contributed by atoms with Crippen molar-refractivity contribution in [1.29, 1.82) is 0 Å². The maximum atomic E-state index is 11.4. The van der Waals surface area contributed by atoms with Gasteiger partial charge in [-0.15, -0.1) is 0 Å². The number of rotatable bonds is 3. The van der Waals surface area contributed by atoms with E-state index in [9.17, 15) is 4.79 Å². The molecule has 1 aliphatic rings. The second-order valence-corrected chi connectivity index (χ2v) is 6.07. The number of piperidine rings is 1. The lowest BCUT2D eigenvalue weighted by atomic mass is 9.92. The van der Waals surface area contributed by atoms with Gasteiger partial charge in [0.05, 0.1) is 5.92 Å². The molecule has 1 aromatic carbocycles. The molecule has 1 heterocycles. The van der Waals surface area contributed by atoms with Gasteiger partial charge < -0.3 is 16.4 Å². The molecular formula is C14H20BrN3O. The summed E-state index contributed by atoms with van der Waals surface area (Å²) in [5, 5.41) is 0. The Labute approximate surface area is 122 Å². The molecule has 0 bridgehead atoms. The highest BCUT2D eigenvalue weighted by Gasteiger charge is 2.29. The number of primary amides is 1. The number of halogens is 1. The van der Waals surface area contributed by atoms with Gasteiger partial charge in [0, 0.05) is 29.3 Å². The van der Waals surface area contributed by atoms with Gasteiger partial charge >= 0.3 is 0 Å². The largest absolute Gasteiger partial charge is 0.369 e. The normalized spacial score (nSPS) is 23.4. The maximum absolute atomic E-state index is 11.4. The van der Waals surface area contributed by atoms with Crippen LogP contribution in [-0.2, 0) is 11.3 Å². The van der Waals surface area contributed by atoms with Crippen LogP contribution in [-0.4, -0.2) is 18.5 Å². The minimum Gasteiger partial charge on any atom is -0.369 e. The average molecular weight is 326 g/mol. The smallest absolute Gasteiger partial charge is 0.222 e. The molecule has 4 nitrogen and oxygen atoms in total. The van der Waals surface area contributed by atoms with E-state index >= 15 is 0 Å². The van der Waals surface area contributed by atoms with Gasteiger partial charge in [0.1, 0.15) is 0 Å². The minimum atomic E-state index is -0.207. The van der Waals surface area contributed by atoms with E-state index in [1.807, 2.05) is 12.1 Å². The highest BCUT2D eigenvalue weighted by atomic mass is 79.9. The molecule has 104 valence electrons. The Kier molecular flexibility index (Phi) is 4.47. The minimum absolute atomic E-state index is 0.0687. The lowest BCUT2D eigenvalue weighted by Crippen LogP contribution is -2.46. The third-order valence-corrected chi connectivity index (χ3v) is 4.35. The molecule has 0 radical (unpaired) electrons. The first kappa shape index (κ1) is 14.3. The maximum Gasteiger partial charge on any atom is 0.222 e. The third kappa shape index (κ3) is 3.09. The lowest BCUT2D eigenvalue weighted by molar-refractivity contribution is -0.122. The monoisotopic (exact) mass is 325 g/mol. The number of nitrogens with zero attached hydrogens (tertiary/aromatic N) is 1. The number of carbonyl (C=O) groups excluding carboxylic acids is 1. The molecule has 1 aromatic rings. The Hall–Kier alpha value is -1.07. The van der Waals surface area contributed by atoms with Crippen molar-refractivity contribution in [2.45, 2.75) is 32.4 Å². The van der Waals surface area contributed by atoms with Crippen molar-refractivity contribution in [3.8, 4) is 0 Å². The molecule has 2 rings (SSSR count). The van der Waals surface area contributed by atoms with Gasteiger partial charge in [0.25, 0.3) is 0 Å². The van der Waals surface area contributed by atoms with Crippen LogP contribution in [0.2, 0.25) is 0 Å². The van der Waals surface area contributed by atoms with E-state index < -0.39 is 0 Å². The molecule has 5 heteroatoms. The molecule has 0 aromatic heterocycles. The number of carbonyl (C=O) groups is 1. The standard InChI is InChI=1S/C14H20BrN3O/c1-9-2-3-11(14(17)19)8-18(9)13-6-12(15)5-4-10(13)7-16/h4-6,9,11H,2-3,7-8,16H2,1H3,(H2,17,19). The molecule has 0 aliphatic carbocycles. The van der Waals surface area contributed by atoms with Crippen LogP contribution in [0.15, 0.2) is 22.7 Å². The second kappa shape index (κ2) is 5.92.